The molecule has 0 spiro atoms. The van der Waals surface area contributed by atoms with E-state index in [9.17, 15) is 4.79 Å². The molecule has 0 aliphatic carbocycles. The zero-order chi connectivity index (χ0) is 22.7. The molecule has 4 rings (SSSR count). The van der Waals surface area contributed by atoms with Gasteiger partial charge in [0.1, 0.15) is 23.8 Å². The van der Waals surface area contributed by atoms with Crippen LogP contribution in [-0.4, -0.2) is 57.6 Å². The van der Waals surface area contributed by atoms with E-state index in [4.69, 9.17) is 11.1 Å². The van der Waals surface area contributed by atoms with Crippen LogP contribution in [0.25, 0.3) is 0 Å². The van der Waals surface area contributed by atoms with Gasteiger partial charge in [-0.3, -0.25) is 10.2 Å². The van der Waals surface area contributed by atoms with Crippen LogP contribution in [0, 0.1) is 12.3 Å². The van der Waals surface area contributed by atoms with E-state index in [2.05, 4.69) is 37.5 Å². The summed E-state index contributed by atoms with van der Waals surface area (Å²) >= 11 is 0. The van der Waals surface area contributed by atoms with Crippen LogP contribution in [0.3, 0.4) is 0 Å². The zero-order valence-corrected chi connectivity index (χ0v) is 18.1. The molecule has 1 amide bonds. The van der Waals surface area contributed by atoms with E-state index in [1.54, 1.807) is 36.5 Å². The molecule has 1 aliphatic heterocycles. The maximum atomic E-state index is 12.5. The van der Waals surface area contributed by atoms with E-state index in [0.717, 1.165) is 25.1 Å². The Morgan fingerprint density at radius 3 is 2.59 bits per heavy atom. The smallest absolute Gasteiger partial charge is 0.256 e. The van der Waals surface area contributed by atoms with Crippen molar-refractivity contribution < 1.29 is 4.79 Å². The van der Waals surface area contributed by atoms with E-state index >= 15 is 0 Å². The summed E-state index contributed by atoms with van der Waals surface area (Å²) in [6.45, 7) is 3.84. The van der Waals surface area contributed by atoms with Gasteiger partial charge in [-0.2, -0.15) is 0 Å². The largest absolute Gasteiger partial charge is 0.383 e. The van der Waals surface area contributed by atoms with Gasteiger partial charge >= 0.3 is 0 Å². The number of benzene rings is 1. The molecule has 1 atom stereocenters. The third-order valence-corrected chi connectivity index (χ3v) is 5.45. The molecular formula is C23H26N8O. The number of rotatable bonds is 6. The normalized spacial score (nSPS) is 16.0. The third-order valence-electron chi connectivity index (χ3n) is 5.45. The number of pyridine rings is 1. The van der Waals surface area contributed by atoms with Crippen LogP contribution in [0.1, 0.15) is 33.5 Å². The number of likely N-dealkylation sites (N-methyl/N-ethyl adjacent to an activating group) is 1. The first-order valence-electron chi connectivity index (χ1n) is 10.4. The van der Waals surface area contributed by atoms with Crippen LogP contribution < -0.4 is 16.4 Å². The van der Waals surface area contributed by atoms with Crippen LogP contribution in [0.4, 0.5) is 17.5 Å². The second-order valence-electron chi connectivity index (χ2n) is 8.00. The predicted octanol–water partition coefficient (Wildman–Crippen LogP) is 2.55. The van der Waals surface area contributed by atoms with Crippen molar-refractivity contribution in [3.63, 3.8) is 0 Å². The first kappa shape index (κ1) is 21.4. The lowest BCUT2D eigenvalue weighted by Crippen LogP contribution is -2.26. The van der Waals surface area contributed by atoms with Crippen molar-refractivity contribution in [3.05, 3.63) is 71.2 Å². The van der Waals surface area contributed by atoms with Gasteiger partial charge < -0.3 is 21.3 Å². The Kier molecular flexibility index (Phi) is 6.09. The zero-order valence-electron chi connectivity index (χ0n) is 18.1. The van der Waals surface area contributed by atoms with Gasteiger partial charge in [-0.1, -0.05) is 12.1 Å². The summed E-state index contributed by atoms with van der Waals surface area (Å²) in [7, 11) is 2.08. The number of likely N-dealkylation sites (tertiary alicyclic amines) is 1. The summed E-state index contributed by atoms with van der Waals surface area (Å²) in [4.78, 5) is 27.4. The highest BCUT2D eigenvalue weighted by Crippen LogP contribution is 2.24. The van der Waals surface area contributed by atoms with Crippen molar-refractivity contribution in [2.24, 2.45) is 0 Å². The fraction of sp³-hybridized carbons (Fsp3) is 0.261. The Morgan fingerprint density at radius 1 is 1.16 bits per heavy atom. The molecular weight excluding hydrogens is 404 g/mol. The predicted molar refractivity (Wildman–Crippen MR) is 125 cm³/mol. The number of nitrogen functional groups attached to an aromatic ring is 1. The van der Waals surface area contributed by atoms with Crippen molar-refractivity contribution in [1.82, 2.24) is 19.9 Å². The quantitative estimate of drug-likeness (QED) is 0.442. The molecule has 1 aliphatic rings. The van der Waals surface area contributed by atoms with Crippen molar-refractivity contribution >= 4 is 29.1 Å². The van der Waals surface area contributed by atoms with Gasteiger partial charge in [0.05, 0.1) is 11.3 Å². The lowest BCUT2D eigenvalue weighted by atomic mass is 10.0. The average Bonchev–Trinajstić information content (AvgIpc) is 3.18. The number of nitrogens with one attached hydrogen (secondary N) is 3. The minimum absolute atomic E-state index is 0.198. The number of carbonyl (C=O) groups is 1. The summed E-state index contributed by atoms with van der Waals surface area (Å²) in [5.41, 5.74) is 8.87. The average molecular weight is 431 g/mol. The Balaban J connectivity index is 1.52. The molecule has 164 valence electrons. The van der Waals surface area contributed by atoms with Crippen LogP contribution >= 0.6 is 0 Å². The van der Waals surface area contributed by atoms with Gasteiger partial charge in [0, 0.05) is 29.9 Å². The van der Waals surface area contributed by atoms with E-state index in [-0.39, 0.29) is 23.5 Å². The van der Waals surface area contributed by atoms with Gasteiger partial charge in [0.2, 0.25) is 0 Å². The standard InChI is InChI=1S/C23H26N8O/c1-14-7-9-26-18(11-14)30-23(32)16-5-3-15(4-6-16)20(24)19-21(25)27-13-28-22(19)29-17-8-10-31(2)12-17/h3-7,9,11,13,17,24H,8,10,12H2,1-2H3,(H,26,30,32)(H3,25,27,28,29). The van der Waals surface area contributed by atoms with Gasteiger partial charge in [0.15, 0.2) is 0 Å². The summed E-state index contributed by atoms with van der Waals surface area (Å²) in [5.74, 6) is 1.02. The fourth-order valence-corrected chi connectivity index (χ4v) is 3.73. The summed E-state index contributed by atoms with van der Waals surface area (Å²) in [5, 5.41) is 14.9. The third kappa shape index (κ3) is 4.73. The topological polar surface area (TPSA) is 133 Å². The molecule has 5 N–H and O–H groups in total. The number of nitrogens with zero attached hydrogens (tertiary/aromatic N) is 4. The fourth-order valence-electron chi connectivity index (χ4n) is 3.73. The summed E-state index contributed by atoms with van der Waals surface area (Å²) < 4.78 is 0. The number of amides is 1. The lowest BCUT2D eigenvalue weighted by Gasteiger charge is -2.18. The highest BCUT2D eigenvalue weighted by molar-refractivity contribution is 6.16. The second-order valence-corrected chi connectivity index (χ2v) is 8.00. The molecule has 1 fully saturated rings. The minimum Gasteiger partial charge on any atom is -0.383 e. The number of anilines is 3. The van der Waals surface area contributed by atoms with Crippen LogP contribution in [0.15, 0.2) is 48.9 Å². The molecule has 0 radical (unpaired) electrons. The molecule has 0 bridgehead atoms. The molecule has 9 heteroatoms. The Bertz CT molecular complexity index is 1140. The molecule has 1 unspecified atom stereocenters. The van der Waals surface area contributed by atoms with Crippen molar-refractivity contribution in [1.29, 1.82) is 5.41 Å². The SMILES string of the molecule is Cc1ccnc(NC(=O)c2ccc(C(=N)c3c(N)ncnc3NC3CCN(C)C3)cc2)c1. The van der Waals surface area contributed by atoms with E-state index < -0.39 is 0 Å². The Labute approximate surface area is 186 Å². The Morgan fingerprint density at radius 2 is 1.91 bits per heavy atom. The van der Waals surface area contributed by atoms with Gasteiger partial charge in [-0.15, -0.1) is 0 Å². The lowest BCUT2D eigenvalue weighted by molar-refractivity contribution is 0.102. The van der Waals surface area contributed by atoms with Gasteiger partial charge in [-0.05, 0) is 56.8 Å². The Hall–Kier alpha value is -3.85. The minimum atomic E-state index is -0.267. The van der Waals surface area contributed by atoms with Crippen molar-refractivity contribution in [3.8, 4) is 0 Å². The molecule has 32 heavy (non-hydrogen) atoms. The van der Waals surface area contributed by atoms with E-state index in [0.29, 0.717) is 28.3 Å². The maximum Gasteiger partial charge on any atom is 0.256 e. The summed E-state index contributed by atoms with van der Waals surface area (Å²) in [6, 6.07) is 10.7. The van der Waals surface area contributed by atoms with E-state index in [1.807, 2.05) is 13.0 Å². The monoisotopic (exact) mass is 430 g/mol. The molecule has 1 saturated heterocycles. The summed E-state index contributed by atoms with van der Waals surface area (Å²) in [6.07, 6.45) is 4.05. The highest BCUT2D eigenvalue weighted by atomic mass is 16.1. The van der Waals surface area contributed by atoms with Crippen LogP contribution in [0.5, 0.6) is 0 Å². The number of hydrogen-bond donors (Lipinski definition) is 4. The highest BCUT2D eigenvalue weighted by Gasteiger charge is 2.23. The molecule has 9 nitrogen and oxygen atoms in total. The molecule has 1 aromatic carbocycles. The molecule has 3 heterocycles. The first-order valence-corrected chi connectivity index (χ1v) is 10.4. The first-order chi connectivity index (χ1) is 15.4. The van der Waals surface area contributed by atoms with E-state index in [1.165, 1.54) is 6.33 Å². The van der Waals surface area contributed by atoms with Crippen LogP contribution in [0.2, 0.25) is 0 Å². The van der Waals surface area contributed by atoms with Crippen molar-refractivity contribution in [2.45, 2.75) is 19.4 Å². The maximum absolute atomic E-state index is 12.5. The second kappa shape index (κ2) is 9.11. The number of nitrogens with two attached hydrogens (primary N) is 1. The number of aromatic nitrogens is 3. The number of hydrogen-bond acceptors (Lipinski definition) is 8. The number of carbonyl (C=O) groups excluding carboxylic acids is 1. The molecule has 0 saturated carbocycles. The molecule has 2 aromatic heterocycles. The number of aryl methyl sites for hydroxylation is 1. The molecule has 3 aromatic rings. The van der Waals surface area contributed by atoms with Crippen LogP contribution in [-0.2, 0) is 0 Å². The van der Waals surface area contributed by atoms with Gasteiger partial charge in [0.25, 0.3) is 5.91 Å². The van der Waals surface area contributed by atoms with Gasteiger partial charge in [-0.25, -0.2) is 15.0 Å². The van der Waals surface area contributed by atoms with Crippen molar-refractivity contribution in [2.75, 3.05) is 36.5 Å².